The molecule has 1 heterocycles. The Bertz CT molecular complexity index is 199. The van der Waals surface area contributed by atoms with Crippen molar-refractivity contribution < 1.29 is 19.3 Å². The van der Waals surface area contributed by atoms with E-state index < -0.39 is 0 Å². The van der Waals surface area contributed by atoms with Crippen molar-refractivity contribution in [2.75, 3.05) is 66.9 Å². The summed E-state index contributed by atoms with van der Waals surface area (Å²) in [7, 11) is 3.43. The summed E-state index contributed by atoms with van der Waals surface area (Å²) < 4.78 is 15.7. The van der Waals surface area contributed by atoms with E-state index in [0.717, 1.165) is 45.7 Å². The Morgan fingerprint density at radius 1 is 1.11 bits per heavy atom. The second kappa shape index (κ2) is 8.82. The number of rotatable bonds is 9. The molecule has 5 heteroatoms. The zero-order chi connectivity index (χ0) is 13.3. The molecule has 1 saturated heterocycles. The number of ether oxygens (including phenoxy) is 3. The van der Waals surface area contributed by atoms with Gasteiger partial charge in [0.25, 0.3) is 0 Å². The highest BCUT2D eigenvalue weighted by Crippen LogP contribution is 2.30. The molecule has 108 valence electrons. The molecule has 0 radical (unpaired) electrons. The Kier molecular flexibility index (Phi) is 7.77. The van der Waals surface area contributed by atoms with Gasteiger partial charge in [-0.25, -0.2) is 0 Å². The fraction of sp³-hybridized carbons (Fsp3) is 1.00. The van der Waals surface area contributed by atoms with Gasteiger partial charge in [-0.2, -0.15) is 0 Å². The fourth-order valence-corrected chi connectivity index (χ4v) is 2.36. The van der Waals surface area contributed by atoms with Crippen LogP contribution in [0.1, 0.15) is 12.8 Å². The quantitative estimate of drug-likeness (QED) is 0.650. The lowest BCUT2D eigenvalue weighted by atomic mass is 9.80. The third-order valence-electron chi connectivity index (χ3n) is 3.67. The van der Waals surface area contributed by atoms with Crippen LogP contribution >= 0.6 is 0 Å². The van der Waals surface area contributed by atoms with Crippen LogP contribution in [0.5, 0.6) is 0 Å². The molecule has 0 aromatic rings. The third-order valence-corrected chi connectivity index (χ3v) is 3.67. The van der Waals surface area contributed by atoms with Crippen molar-refractivity contribution in [3.63, 3.8) is 0 Å². The molecule has 1 rings (SSSR count). The third kappa shape index (κ3) is 5.20. The van der Waals surface area contributed by atoms with Gasteiger partial charge in [-0.1, -0.05) is 0 Å². The molecule has 0 amide bonds. The average Bonchev–Trinajstić information content (AvgIpc) is 2.43. The Morgan fingerprint density at radius 2 is 1.67 bits per heavy atom. The van der Waals surface area contributed by atoms with E-state index in [4.69, 9.17) is 14.2 Å². The molecule has 1 aliphatic rings. The molecule has 18 heavy (non-hydrogen) atoms. The van der Waals surface area contributed by atoms with Crippen molar-refractivity contribution in [2.24, 2.45) is 5.41 Å². The monoisotopic (exact) mass is 261 g/mol. The van der Waals surface area contributed by atoms with Crippen LogP contribution in [0.2, 0.25) is 0 Å². The largest absolute Gasteiger partial charge is 0.396 e. The predicted octanol–water partition coefficient (Wildman–Crippen LogP) is 0.370. The van der Waals surface area contributed by atoms with Gasteiger partial charge < -0.3 is 19.3 Å². The molecule has 5 nitrogen and oxygen atoms in total. The van der Waals surface area contributed by atoms with Crippen LogP contribution in [0.15, 0.2) is 0 Å². The van der Waals surface area contributed by atoms with E-state index >= 15 is 0 Å². The Balaban J connectivity index is 2.49. The highest BCUT2D eigenvalue weighted by molar-refractivity contribution is 4.84. The van der Waals surface area contributed by atoms with E-state index in [9.17, 15) is 5.11 Å². The maximum absolute atomic E-state index is 9.70. The molecule has 0 spiro atoms. The van der Waals surface area contributed by atoms with E-state index in [1.807, 2.05) is 0 Å². The van der Waals surface area contributed by atoms with Crippen LogP contribution in [0, 0.1) is 5.41 Å². The number of aliphatic hydroxyl groups is 1. The second-order valence-electron chi connectivity index (χ2n) is 5.03. The van der Waals surface area contributed by atoms with Crippen molar-refractivity contribution in [3.8, 4) is 0 Å². The molecular formula is C13H27NO4. The molecule has 0 unspecified atom stereocenters. The molecule has 1 aliphatic heterocycles. The number of aliphatic hydroxyl groups excluding tert-OH is 1. The van der Waals surface area contributed by atoms with Crippen LogP contribution < -0.4 is 0 Å². The lowest BCUT2D eigenvalue weighted by Gasteiger charge is -2.39. The Hall–Kier alpha value is -0.200. The van der Waals surface area contributed by atoms with Gasteiger partial charge >= 0.3 is 0 Å². The molecule has 0 saturated carbocycles. The summed E-state index contributed by atoms with van der Waals surface area (Å²) in [5, 5.41) is 9.70. The van der Waals surface area contributed by atoms with Crippen molar-refractivity contribution in [1.82, 2.24) is 4.90 Å². The van der Waals surface area contributed by atoms with Crippen LogP contribution in [0.4, 0.5) is 0 Å². The van der Waals surface area contributed by atoms with E-state index in [0.29, 0.717) is 13.2 Å². The highest BCUT2D eigenvalue weighted by atomic mass is 16.5. The summed E-state index contributed by atoms with van der Waals surface area (Å²) in [6.45, 7) is 5.80. The summed E-state index contributed by atoms with van der Waals surface area (Å²) in [5.41, 5.74) is -0.0142. The van der Waals surface area contributed by atoms with Gasteiger partial charge in [-0.15, -0.1) is 0 Å². The molecule has 0 aromatic heterocycles. The molecular weight excluding hydrogens is 234 g/mol. The van der Waals surface area contributed by atoms with Crippen molar-refractivity contribution in [3.05, 3.63) is 0 Å². The van der Waals surface area contributed by atoms with E-state index in [2.05, 4.69) is 4.90 Å². The first-order chi connectivity index (χ1) is 8.76. The van der Waals surface area contributed by atoms with Gasteiger partial charge in [0.1, 0.15) is 0 Å². The molecule has 0 atom stereocenters. The normalized spacial score (nSPS) is 19.3. The van der Waals surface area contributed by atoms with Crippen LogP contribution in [-0.2, 0) is 14.2 Å². The summed E-state index contributed by atoms with van der Waals surface area (Å²) in [4.78, 5) is 2.31. The lowest BCUT2D eigenvalue weighted by molar-refractivity contribution is -0.0392. The predicted molar refractivity (Wildman–Crippen MR) is 69.8 cm³/mol. The topological polar surface area (TPSA) is 51.2 Å². The second-order valence-corrected chi connectivity index (χ2v) is 5.03. The summed E-state index contributed by atoms with van der Waals surface area (Å²) in [6, 6.07) is 0. The smallest absolute Gasteiger partial charge is 0.0589 e. The molecule has 1 fully saturated rings. The average molecular weight is 261 g/mol. The van der Waals surface area contributed by atoms with Crippen LogP contribution in [0.25, 0.3) is 0 Å². The lowest BCUT2D eigenvalue weighted by Crippen LogP contribution is -2.45. The zero-order valence-corrected chi connectivity index (χ0v) is 11.7. The van der Waals surface area contributed by atoms with E-state index in [-0.39, 0.29) is 12.0 Å². The zero-order valence-electron chi connectivity index (χ0n) is 11.7. The standard InChI is InChI=1S/C13H27NO4/c1-16-9-5-14(6-10-17-2)11-13(12-15)3-7-18-8-4-13/h15H,3-12H2,1-2H3. The van der Waals surface area contributed by atoms with E-state index in [1.165, 1.54) is 0 Å². The Labute approximate surface area is 110 Å². The first-order valence-corrected chi connectivity index (χ1v) is 6.65. The van der Waals surface area contributed by atoms with Gasteiger partial charge in [0, 0.05) is 52.5 Å². The van der Waals surface area contributed by atoms with Crippen molar-refractivity contribution in [2.45, 2.75) is 12.8 Å². The van der Waals surface area contributed by atoms with Crippen molar-refractivity contribution >= 4 is 0 Å². The fourth-order valence-electron chi connectivity index (χ4n) is 2.36. The first-order valence-electron chi connectivity index (χ1n) is 6.65. The van der Waals surface area contributed by atoms with Gasteiger partial charge in [0.05, 0.1) is 19.8 Å². The minimum Gasteiger partial charge on any atom is -0.396 e. The van der Waals surface area contributed by atoms with E-state index in [1.54, 1.807) is 14.2 Å². The maximum Gasteiger partial charge on any atom is 0.0589 e. The van der Waals surface area contributed by atoms with Crippen LogP contribution in [-0.4, -0.2) is 76.9 Å². The minimum atomic E-state index is -0.0142. The Morgan fingerprint density at radius 3 is 2.11 bits per heavy atom. The number of hydrogen-bond donors (Lipinski definition) is 1. The summed E-state index contributed by atoms with van der Waals surface area (Å²) >= 11 is 0. The molecule has 1 N–H and O–H groups in total. The summed E-state index contributed by atoms with van der Waals surface area (Å²) in [5.74, 6) is 0. The first kappa shape index (κ1) is 15.9. The van der Waals surface area contributed by atoms with Gasteiger partial charge in [-0.3, -0.25) is 4.90 Å². The molecule has 0 aromatic carbocycles. The number of nitrogens with zero attached hydrogens (tertiary/aromatic N) is 1. The highest BCUT2D eigenvalue weighted by Gasteiger charge is 2.33. The minimum absolute atomic E-state index is 0.0142. The van der Waals surface area contributed by atoms with Crippen molar-refractivity contribution in [1.29, 1.82) is 0 Å². The van der Waals surface area contributed by atoms with Gasteiger partial charge in [0.15, 0.2) is 0 Å². The maximum atomic E-state index is 9.70. The number of methoxy groups -OCH3 is 2. The van der Waals surface area contributed by atoms with Crippen LogP contribution in [0.3, 0.4) is 0 Å². The summed E-state index contributed by atoms with van der Waals surface area (Å²) in [6.07, 6.45) is 1.86. The molecule has 0 bridgehead atoms. The SMILES string of the molecule is COCCN(CCOC)CC1(CO)CCOCC1. The van der Waals surface area contributed by atoms with Gasteiger partial charge in [-0.05, 0) is 12.8 Å². The van der Waals surface area contributed by atoms with Gasteiger partial charge in [0.2, 0.25) is 0 Å². The molecule has 0 aliphatic carbocycles. The number of hydrogen-bond acceptors (Lipinski definition) is 5.